The van der Waals surface area contributed by atoms with Crippen LogP contribution in [-0.2, 0) is 0 Å². The van der Waals surface area contributed by atoms with E-state index in [1.807, 2.05) is 18.0 Å². The average Bonchev–Trinajstić information content (AvgIpc) is 2.51. The lowest BCUT2D eigenvalue weighted by molar-refractivity contribution is 0.0644. The van der Waals surface area contributed by atoms with Crippen LogP contribution >= 0.6 is 0 Å². The van der Waals surface area contributed by atoms with Crippen molar-refractivity contribution in [1.29, 1.82) is 0 Å². The fraction of sp³-hybridized carbons (Fsp3) is 0.625. The molecular formula is C16H26N4O. The fourth-order valence-electron chi connectivity index (χ4n) is 2.74. The van der Waals surface area contributed by atoms with Crippen LogP contribution in [0.5, 0.6) is 0 Å². The molecule has 0 aliphatic carbocycles. The predicted molar refractivity (Wildman–Crippen MR) is 85.6 cm³/mol. The number of nitrogens with one attached hydrogen (secondary N) is 1. The first-order chi connectivity index (χ1) is 10.1. The van der Waals surface area contributed by atoms with Crippen LogP contribution in [0.4, 0.5) is 5.82 Å². The molecule has 1 unspecified atom stereocenters. The second-order valence-electron chi connectivity index (χ2n) is 5.83. The summed E-state index contributed by atoms with van der Waals surface area (Å²) in [5.74, 6) is 0.856. The molecular weight excluding hydrogens is 264 g/mol. The molecule has 1 aliphatic rings. The van der Waals surface area contributed by atoms with E-state index in [0.717, 1.165) is 44.7 Å². The second kappa shape index (κ2) is 7.41. The molecule has 1 N–H and O–H groups in total. The smallest absolute Gasteiger partial charge is 0.254 e. The first kappa shape index (κ1) is 15.8. The summed E-state index contributed by atoms with van der Waals surface area (Å²) in [6.45, 7) is 5.05. The molecule has 1 aromatic heterocycles. The Balaban J connectivity index is 2.04. The number of amides is 1. The Hall–Kier alpha value is -1.62. The van der Waals surface area contributed by atoms with Gasteiger partial charge in [0.2, 0.25) is 0 Å². The number of carbonyl (C=O) groups is 1. The summed E-state index contributed by atoms with van der Waals surface area (Å²) in [4.78, 5) is 21.1. The summed E-state index contributed by atoms with van der Waals surface area (Å²) in [6.07, 6.45) is 4.97. The normalized spacial score (nSPS) is 19.3. The number of rotatable bonds is 5. The quantitative estimate of drug-likeness (QED) is 0.902. The summed E-state index contributed by atoms with van der Waals surface area (Å²) < 4.78 is 0. The van der Waals surface area contributed by atoms with Gasteiger partial charge in [0, 0.05) is 37.9 Å². The highest BCUT2D eigenvalue weighted by molar-refractivity contribution is 5.94. The highest BCUT2D eigenvalue weighted by Crippen LogP contribution is 2.17. The molecule has 2 heterocycles. The van der Waals surface area contributed by atoms with Crippen molar-refractivity contribution in [2.45, 2.75) is 32.2 Å². The van der Waals surface area contributed by atoms with Gasteiger partial charge in [-0.25, -0.2) is 4.98 Å². The molecule has 21 heavy (non-hydrogen) atoms. The van der Waals surface area contributed by atoms with E-state index in [4.69, 9.17) is 0 Å². The van der Waals surface area contributed by atoms with Crippen molar-refractivity contribution in [3.63, 3.8) is 0 Å². The van der Waals surface area contributed by atoms with E-state index in [2.05, 4.69) is 29.2 Å². The minimum absolute atomic E-state index is 0.0808. The van der Waals surface area contributed by atoms with Crippen LogP contribution in [0.15, 0.2) is 18.3 Å². The minimum Gasteiger partial charge on any atom is -0.370 e. The van der Waals surface area contributed by atoms with Crippen LogP contribution in [0, 0.1) is 0 Å². The highest BCUT2D eigenvalue weighted by Gasteiger charge is 2.25. The number of aromatic nitrogens is 1. The van der Waals surface area contributed by atoms with Gasteiger partial charge in [0.15, 0.2) is 0 Å². The maximum absolute atomic E-state index is 12.6. The first-order valence-electron chi connectivity index (χ1n) is 7.77. The maximum atomic E-state index is 12.6. The topological polar surface area (TPSA) is 48.5 Å². The van der Waals surface area contributed by atoms with Crippen LogP contribution in [0.3, 0.4) is 0 Å². The van der Waals surface area contributed by atoms with Crippen molar-refractivity contribution >= 4 is 11.7 Å². The standard InChI is InChI=1S/C16H26N4O/c1-4-8-17-15-11-13(7-9-18-15)16(21)20(3)14-6-5-10-19(2)12-14/h7,9,11,14H,4-6,8,10,12H2,1-3H3,(H,17,18). The molecule has 1 aliphatic heterocycles. The number of likely N-dealkylation sites (N-methyl/N-ethyl adjacent to an activating group) is 2. The molecule has 1 fully saturated rings. The molecule has 0 saturated carbocycles. The number of nitrogens with zero attached hydrogens (tertiary/aromatic N) is 3. The zero-order chi connectivity index (χ0) is 15.2. The van der Waals surface area contributed by atoms with Crippen molar-refractivity contribution in [3.05, 3.63) is 23.9 Å². The van der Waals surface area contributed by atoms with Crippen molar-refractivity contribution in [3.8, 4) is 0 Å². The third kappa shape index (κ3) is 4.17. The molecule has 1 atom stereocenters. The Labute approximate surface area is 127 Å². The van der Waals surface area contributed by atoms with Crippen LogP contribution in [0.2, 0.25) is 0 Å². The van der Waals surface area contributed by atoms with Gasteiger partial charge >= 0.3 is 0 Å². The van der Waals surface area contributed by atoms with Crippen molar-refractivity contribution in [2.24, 2.45) is 0 Å². The SMILES string of the molecule is CCCNc1cc(C(=O)N(C)C2CCCN(C)C2)ccn1. The summed E-state index contributed by atoms with van der Waals surface area (Å²) >= 11 is 0. The van der Waals surface area contributed by atoms with Gasteiger partial charge in [0.25, 0.3) is 5.91 Å². The van der Waals surface area contributed by atoms with Gasteiger partial charge in [0.1, 0.15) is 5.82 Å². The molecule has 1 saturated heterocycles. The zero-order valence-corrected chi connectivity index (χ0v) is 13.3. The number of pyridine rings is 1. The highest BCUT2D eigenvalue weighted by atomic mass is 16.2. The van der Waals surface area contributed by atoms with E-state index in [0.29, 0.717) is 11.6 Å². The molecule has 0 spiro atoms. The number of anilines is 1. The summed E-state index contributed by atoms with van der Waals surface area (Å²) in [6, 6.07) is 3.94. The van der Waals surface area contributed by atoms with Gasteiger partial charge in [-0.05, 0) is 45.0 Å². The van der Waals surface area contributed by atoms with E-state index >= 15 is 0 Å². The van der Waals surface area contributed by atoms with Crippen LogP contribution in [-0.4, -0.2) is 60.5 Å². The molecule has 1 aromatic rings. The molecule has 5 nitrogen and oxygen atoms in total. The summed E-state index contributed by atoms with van der Waals surface area (Å²) in [5, 5.41) is 3.23. The Bertz CT molecular complexity index is 477. The molecule has 0 bridgehead atoms. The summed E-state index contributed by atoms with van der Waals surface area (Å²) in [7, 11) is 4.02. The number of hydrogen-bond acceptors (Lipinski definition) is 4. The number of hydrogen-bond donors (Lipinski definition) is 1. The van der Waals surface area contributed by atoms with Gasteiger partial charge < -0.3 is 15.1 Å². The molecule has 0 aromatic carbocycles. The van der Waals surface area contributed by atoms with Crippen LogP contribution < -0.4 is 5.32 Å². The second-order valence-corrected chi connectivity index (χ2v) is 5.83. The first-order valence-corrected chi connectivity index (χ1v) is 7.77. The van der Waals surface area contributed by atoms with E-state index in [1.54, 1.807) is 12.3 Å². The number of carbonyl (C=O) groups excluding carboxylic acids is 1. The number of piperidine rings is 1. The van der Waals surface area contributed by atoms with E-state index in [-0.39, 0.29) is 5.91 Å². The van der Waals surface area contributed by atoms with Gasteiger partial charge in [-0.15, -0.1) is 0 Å². The lowest BCUT2D eigenvalue weighted by Gasteiger charge is -2.35. The van der Waals surface area contributed by atoms with E-state index < -0.39 is 0 Å². The third-order valence-corrected chi connectivity index (χ3v) is 4.03. The number of likely N-dealkylation sites (tertiary alicyclic amines) is 1. The molecule has 2 rings (SSSR count). The van der Waals surface area contributed by atoms with Crippen LogP contribution in [0.25, 0.3) is 0 Å². The Morgan fingerprint density at radius 3 is 3.10 bits per heavy atom. The van der Waals surface area contributed by atoms with Crippen LogP contribution in [0.1, 0.15) is 36.5 Å². The zero-order valence-electron chi connectivity index (χ0n) is 13.3. The lowest BCUT2D eigenvalue weighted by atomic mass is 10.0. The van der Waals surface area contributed by atoms with E-state index in [9.17, 15) is 4.79 Å². The lowest BCUT2D eigenvalue weighted by Crippen LogP contribution is -2.47. The van der Waals surface area contributed by atoms with E-state index in [1.165, 1.54) is 0 Å². The minimum atomic E-state index is 0.0808. The fourth-order valence-corrected chi connectivity index (χ4v) is 2.74. The van der Waals surface area contributed by atoms with Crippen molar-refractivity contribution < 1.29 is 4.79 Å². The molecule has 0 radical (unpaired) electrons. The van der Waals surface area contributed by atoms with Gasteiger partial charge in [0.05, 0.1) is 0 Å². The predicted octanol–water partition coefficient (Wildman–Crippen LogP) is 2.07. The van der Waals surface area contributed by atoms with Gasteiger partial charge in [-0.1, -0.05) is 6.92 Å². The Kier molecular flexibility index (Phi) is 5.56. The van der Waals surface area contributed by atoms with Crippen molar-refractivity contribution in [2.75, 3.05) is 39.0 Å². The monoisotopic (exact) mass is 290 g/mol. The third-order valence-electron chi connectivity index (χ3n) is 4.03. The largest absolute Gasteiger partial charge is 0.370 e. The molecule has 116 valence electrons. The maximum Gasteiger partial charge on any atom is 0.254 e. The van der Waals surface area contributed by atoms with Gasteiger partial charge in [-0.2, -0.15) is 0 Å². The van der Waals surface area contributed by atoms with Crippen molar-refractivity contribution in [1.82, 2.24) is 14.8 Å². The Morgan fingerprint density at radius 2 is 2.38 bits per heavy atom. The Morgan fingerprint density at radius 1 is 1.57 bits per heavy atom. The average molecular weight is 290 g/mol. The molecule has 5 heteroatoms. The summed E-state index contributed by atoms with van der Waals surface area (Å²) in [5.41, 5.74) is 0.708. The van der Waals surface area contributed by atoms with Gasteiger partial charge in [-0.3, -0.25) is 4.79 Å². The molecule has 1 amide bonds.